The van der Waals surface area contributed by atoms with Crippen molar-refractivity contribution in [3.8, 4) is 0 Å². The molecule has 0 saturated carbocycles. The smallest absolute Gasteiger partial charge is 0.392 e. The maximum absolute atomic E-state index is 11.7. The van der Waals surface area contributed by atoms with Crippen molar-refractivity contribution >= 4 is 0 Å². The summed E-state index contributed by atoms with van der Waals surface area (Å²) in [4.78, 5) is 0.317. The van der Waals surface area contributed by atoms with Crippen molar-refractivity contribution in [2.75, 3.05) is 13.1 Å². The SMILES string of the molecule is OC1CCN(C(F)(F)F)C1. The number of aliphatic hydroxyl groups excluding tert-OH is 1. The van der Waals surface area contributed by atoms with Crippen molar-refractivity contribution in [3.63, 3.8) is 0 Å². The Morgan fingerprint density at radius 2 is 2.00 bits per heavy atom. The number of aliphatic hydroxyl groups is 1. The van der Waals surface area contributed by atoms with E-state index >= 15 is 0 Å². The molecule has 2 nitrogen and oxygen atoms in total. The topological polar surface area (TPSA) is 23.5 Å². The fraction of sp³-hybridized carbons (Fsp3) is 1.00. The monoisotopic (exact) mass is 155 g/mol. The average molecular weight is 155 g/mol. The van der Waals surface area contributed by atoms with Crippen LogP contribution in [-0.2, 0) is 0 Å². The number of hydrogen-bond donors (Lipinski definition) is 1. The van der Waals surface area contributed by atoms with Crippen molar-refractivity contribution < 1.29 is 18.3 Å². The Kier molecular flexibility index (Phi) is 1.87. The Morgan fingerprint density at radius 3 is 2.20 bits per heavy atom. The molecule has 0 spiro atoms. The molecule has 1 saturated heterocycles. The van der Waals surface area contributed by atoms with Gasteiger partial charge in [0.2, 0.25) is 0 Å². The van der Waals surface area contributed by atoms with Gasteiger partial charge in [-0.15, -0.1) is 0 Å². The lowest BCUT2D eigenvalue weighted by Gasteiger charge is -2.17. The van der Waals surface area contributed by atoms with E-state index in [9.17, 15) is 13.2 Å². The molecule has 1 heterocycles. The number of hydrogen-bond acceptors (Lipinski definition) is 2. The van der Waals surface area contributed by atoms with Crippen molar-refractivity contribution in [1.82, 2.24) is 4.90 Å². The summed E-state index contributed by atoms with van der Waals surface area (Å²) in [6, 6.07) is 0. The third-order valence-corrected chi connectivity index (χ3v) is 1.52. The minimum atomic E-state index is -4.27. The molecule has 0 aromatic heterocycles. The molecule has 60 valence electrons. The number of alkyl halides is 3. The van der Waals surface area contributed by atoms with Crippen molar-refractivity contribution in [2.24, 2.45) is 0 Å². The summed E-state index contributed by atoms with van der Waals surface area (Å²) in [6.07, 6.45) is -4.85. The molecule has 0 aromatic rings. The zero-order valence-corrected chi connectivity index (χ0v) is 5.23. The van der Waals surface area contributed by atoms with Crippen molar-refractivity contribution in [3.05, 3.63) is 0 Å². The molecule has 0 bridgehead atoms. The Labute approximate surface area is 56.2 Å². The first-order chi connectivity index (χ1) is 4.50. The summed E-state index contributed by atoms with van der Waals surface area (Å²) in [6.45, 7) is -0.353. The highest BCUT2D eigenvalue weighted by atomic mass is 19.4. The van der Waals surface area contributed by atoms with Gasteiger partial charge in [0.05, 0.1) is 6.10 Å². The number of halogens is 3. The van der Waals surface area contributed by atoms with Crippen LogP contribution in [0.2, 0.25) is 0 Å². The number of likely N-dealkylation sites (tertiary alicyclic amines) is 1. The summed E-state index contributed by atoms with van der Waals surface area (Å²) in [5.41, 5.74) is 0. The van der Waals surface area contributed by atoms with Crippen LogP contribution in [0.15, 0.2) is 0 Å². The van der Waals surface area contributed by atoms with Gasteiger partial charge in [0.1, 0.15) is 0 Å². The van der Waals surface area contributed by atoms with E-state index in [4.69, 9.17) is 5.11 Å². The average Bonchev–Trinajstić information content (AvgIpc) is 2.11. The Balaban J connectivity index is 2.45. The highest BCUT2D eigenvalue weighted by molar-refractivity contribution is 4.75. The van der Waals surface area contributed by atoms with Gasteiger partial charge in [-0.3, -0.25) is 0 Å². The van der Waals surface area contributed by atoms with Crippen LogP contribution in [0, 0.1) is 0 Å². The molecule has 1 fully saturated rings. The van der Waals surface area contributed by atoms with Gasteiger partial charge in [0.25, 0.3) is 0 Å². The second kappa shape index (κ2) is 2.39. The Hall–Kier alpha value is -0.290. The first-order valence-corrected chi connectivity index (χ1v) is 3.00. The normalized spacial score (nSPS) is 29.4. The lowest BCUT2D eigenvalue weighted by Crippen LogP contribution is -2.36. The highest BCUT2D eigenvalue weighted by Gasteiger charge is 2.41. The minimum Gasteiger partial charge on any atom is -0.392 e. The lowest BCUT2D eigenvalue weighted by molar-refractivity contribution is -0.239. The van der Waals surface area contributed by atoms with E-state index in [2.05, 4.69) is 0 Å². The van der Waals surface area contributed by atoms with E-state index in [1.165, 1.54) is 0 Å². The molecule has 1 N–H and O–H groups in total. The number of nitrogens with zero attached hydrogens (tertiary/aromatic N) is 1. The van der Waals surface area contributed by atoms with Crippen LogP contribution in [0.4, 0.5) is 13.2 Å². The molecule has 0 aliphatic carbocycles. The molecular formula is C5H8F3NO. The zero-order valence-electron chi connectivity index (χ0n) is 5.23. The van der Waals surface area contributed by atoms with E-state index < -0.39 is 12.4 Å². The third-order valence-electron chi connectivity index (χ3n) is 1.52. The maximum atomic E-state index is 11.7. The fourth-order valence-corrected chi connectivity index (χ4v) is 0.972. The van der Waals surface area contributed by atoms with E-state index in [1.54, 1.807) is 0 Å². The van der Waals surface area contributed by atoms with E-state index in [-0.39, 0.29) is 19.5 Å². The second-order valence-corrected chi connectivity index (χ2v) is 2.36. The van der Waals surface area contributed by atoms with Gasteiger partial charge in [0, 0.05) is 13.1 Å². The highest BCUT2D eigenvalue weighted by Crippen LogP contribution is 2.25. The molecule has 0 radical (unpaired) electrons. The standard InChI is InChI=1S/C5H8F3NO/c6-5(7,8)9-2-1-4(10)3-9/h4,10H,1-3H2. The van der Waals surface area contributed by atoms with Gasteiger partial charge >= 0.3 is 6.30 Å². The van der Waals surface area contributed by atoms with Gasteiger partial charge in [-0.25, -0.2) is 4.90 Å². The largest absolute Gasteiger partial charge is 0.460 e. The number of β-amino-alcohol motifs (C(OH)–C–C–N with tert-alkyl or cyclic N) is 1. The Morgan fingerprint density at radius 1 is 1.40 bits per heavy atom. The van der Waals surface area contributed by atoms with Crippen LogP contribution in [0.25, 0.3) is 0 Å². The molecule has 5 heteroatoms. The van der Waals surface area contributed by atoms with Crippen LogP contribution in [-0.4, -0.2) is 35.5 Å². The maximum Gasteiger partial charge on any atom is 0.460 e. The molecule has 1 atom stereocenters. The lowest BCUT2D eigenvalue weighted by atomic mass is 10.3. The molecule has 1 rings (SSSR count). The predicted octanol–water partition coefficient (Wildman–Crippen LogP) is 0.573. The molecule has 10 heavy (non-hydrogen) atoms. The fourth-order valence-electron chi connectivity index (χ4n) is 0.972. The van der Waals surface area contributed by atoms with Crippen LogP contribution in [0.3, 0.4) is 0 Å². The third kappa shape index (κ3) is 1.60. The summed E-state index contributed by atoms with van der Waals surface area (Å²) in [5, 5.41) is 8.72. The van der Waals surface area contributed by atoms with Crippen LogP contribution in [0.5, 0.6) is 0 Å². The zero-order chi connectivity index (χ0) is 7.78. The van der Waals surface area contributed by atoms with Gasteiger partial charge in [-0.2, -0.15) is 13.2 Å². The molecule has 0 aromatic carbocycles. The van der Waals surface area contributed by atoms with E-state index in [1.807, 2.05) is 0 Å². The summed E-state index contributed by atoms with van der Waals surface area (Å²) >= 11 is 0. The first kappa shape index (κ1) is 7.81. The van der Waals surface area contributed by atoms with Gasteiger partial charge in [0.15, 0.2) is 0 Å². The molecule has 1 aliphatic rings. The molecular weight excluding hydrogens is 147 g/mol. The molecule has 1 aliphatic heterocycles. The molecule has 1 unspecified atom stereocenters. The summed E-state index contributed by atoms with van der Waals surface area (Å²) in [7, 11) is 0. The Bertz CT molecular complexity index is 125. The number of rotatable bonds is 0. The summed E-state index contributed by atoms with van der Waals surface area (Å²) in [5.74, 6) is 0. The van der Waals surface area contributed by atoms with Crippen molar-refractivity contribution in [1.29, 1.82) is 0 Å². The first-order valence-electron chi connectivity index (χ1n) is 3.00. The molecule has 0 amide bonds. The predicted molar refractivity (Wildman–Crippen MR) is 28.3 cm³/mol. The van der Waals surface area contributed by atoms with Gasteiger partial charge in [-0.1, -0.05) is 0 Å². The second-order valence-electron chi connectivity index (χ2n) is 2.36. The minimum absolute atomic E-state index is 0.0787. The van der Waals surface area contributed by atoms with Crippen LogP contribution < -0.4 is 0 Å². The van der Waals surface area contributed by atoms with Gasteiger partial charge < -0.3 is 5.11 Å². The van der Waals surface area contributed by atoms with Crippen LogP contribution >= 0.6 is 0 Å². The van der Waals surface area contributed by atoms with E-state index in [0.717, 1.165) is 0 Å². The summed E-state index contributed by atoms with van der Waals surface area (Å²) < 4.78 is 35.2. The van der Waals surface area contributed by atoms with Gasteiger partial charge in [-0.05, 0) is 6.42 Å². The van der Waals surface area contributed by atoms with Crippen LogP contribution in [0.1, 0.15) is 6.42 Å². The quantitative estimate of drug-likeness (QED) is 0.517. The van der Waals surface area contributed by atoms with E-state index in [0.29, 0.717) is 4.90 Å². The van der Waals surface area contributed by atoms with Crippen molar-refractivity contribution in [2.45, 2.75) is 18.8 Å².